The summed E-state index contributed by atoms with van der Waals surface area (Å²) in [5.74, 6) is -0.568. The molecule has 0 saturated heterocycles. The van der Waals surface area contributed by atoms with Crippen LogP contribution in [0.4, 0.5) is 21.7 Å². The first-order chi connectivity index (χ1) is 14.5. The Morgan fingerprint density at radius 3 is 2.93 bits per heavy atom. The number of esters is 1. The molecule has 0 atom stereocenters. The zero-order valence-electron chi connectivity index (χ0n) is 16.9. The highest BCUT2D eigenvalue weighted by atomic mass is 19.1. The average Bonchev–Trinajstić information content (AvgIpc) is 2.75. The topological polar surface area (TPSA) is 80.2 Å². The van der Waals surface area contributed by atoms with Crippen molar-refractivity contribution in [2.45, 2.75) is 26.3 Å². The highest BCUT2D eigenvalue weighted by molar-refractivity contribution is 5.72. The second-order valence-electron chi connectivity index (χ2n) is 7.18. The third kappa shape index (κ3) is 4.22. The number of carbonyl (C=O) groups is 1. The summed E-state index contributed by atoms with van der Waals surface area (Å²) >= 11 is 0. The molecule has 0 radical (unpaired) electrons. The number of hydrogen-bond acceptors (Lipinski definition) is 7. The quantitative estimate of drug-likeness (QED) is 0.650. The lowest BCUT2D eigenvalue weighted by Crippen LogP contribution is -2.32. The van der Waals surface area contributed by atoms with Crippen molar-refractivity contribution < 1.29 is 13.9 Å². The molecule has 0 aliphatic carbocycles. The Bertz CT molecular complexity index is 1090. The van der Waals surface area contributed by atoms with Crippen molar-refractivity contribution in [3.8, 4) is 0 Å². The minimum absolute atomic E-state index is 0.110. The van der Waals surface area contributed by atoms with Gasteiger partial charge < -0.3 is 15.0 Å². The monoisotopic (exact) mass is 407 g/mol. The Labute approximate surface area is 174 Å². The smallest absolute Gasteiger partial charge is 0.310 e. The van der Waals surface area contributed by atoms with Crippen molar-refractivity contribution in [3.05, 3.63) is 71.1 Å². The van der Waals surface area contributed by atoms with Crippen LogP contribution in [0.2, 0.25) is 0 Å². The molecule has 3 heterocycles. The first-order valence-electron chi connectivity index (χ1n) is 9.66. The van der Waals surface area contributed by atoms with Gasteiger partial charge in [-0.1, -0.05) is 6.07 Å². The second-order valence-corrected chi connectivity index (χ2v) is 7.18. The Balaban J connectivity index is 1.51. The van der Waals surface area contributed by atoms with E-state index in [1.165, 1.54) is 18.7 Å². The zero-order valence-corrected chi connectivity index (χ0v) is 16.9. The number of anilines is 3. The van der Waals surface area contributed by atoms with Crippen LogP contribution in [0, 0.1) is 12.7 Å². The number of aryl methyl sites for hydroxylation is 1. The number of nitrogens with zero attached hydrogens (tertiary/aromatic N) is 4. The summed E-state index contributed by atoms with van der Waals surface area (Å²) in [5, 5.41) is 3.05. The fourth-order valence-corrected chi connectivity index (χ4v) is 3.48. The molecule has 0 fully saturated rings. The molecule has 0 amide bonds. The van der Waals surface area contributed by atoms with Gasteiger partial charge in [0, 0.05) is 24.6 Å². The molecule has 8 heteroatoms. The number of halogens is 1. The number of carbonyl (C=O) groups excluding carboxylic acids is 1. The van der Waals surface area contributed by atoms with Crippen LogP contribution in [0.25, 0.3) is 0 Å². The van der Waals surface area contributed by atoms with Gasteiger partial charge in [0.05, 0.1) is 37.7 Å². The molecule has 7 nitrogen and oxygen atoms in total. The van der Waals surface area contributed by atoms with E-state index >= 15 is 0 Å². The number of aromatic nitrogens is 3. The Hall–Kier alpha value is -3.55. The van der Waals surface area contributed by atoms with Gasteiger partial charge in [-0.05, 0) is 48.2 Å². The predicted octanol–water partition coefficient (Wildman–Crippen LogP) is 3.34. The summed E-state index contributed by atoms with van der Waals surface area (Å²) < 4.78 is 18.9. The summed E-state index contributed by atoms with van der Waals surface area (Å²) in [4.78, 5) is 26.9. The van der Waals surface area contributed by atoms with Crippen LogP contribution in [0.1, 0.15) is 22.4 Å². The van der Waals surface area contributed by atoms with E-state index in [0.29, 0.717) is 18.2 Å². The summed E-state index contributed by atoms with van der Waals surface area (Å²) in [7, 11) is 1.28. The molecule has 2 aromatic heterocycles. The van der Waals surface area contributed by atoms with Gasteiger partial charge in [-0.15, -0.1) is 0 Å². The van der Waals surface area contributed by atoms with Crippen molar-refractivity contribution >= 4 is 23.3 Å². The van der Waals surface area contributed by atoms with Crippen molar-refractivity contribution in [2.24, 2.45) is 0 Å². The number of benzene rings is 1. The molecule has 0 unspecified atom stereocenters. The fourth-order valence-electron chi connectivity index (χ4n) is 3.48. The minimum Gasteiger partial charge on any atom is -0.469 e. The zero-order chi connectivity index (χ0) is 21.1. The average molecular weight is 407 g/mol. The molecule has 3 aromatic rings. The van der Waals surface area contributed by atoms with Crippen molar-refractivity contribution in [2.75, 3.05) is 23.9 Å². The third-order valence-electron chi connectivity index (χ3n) is 5.17. The number of hydrogen-bond donors (Lipinski definition) is 1. The van der Waals surface area contributed by atoms with Crippen LogP contribution in [0.3, 0.4) is 0 Å². The summed E-state index contributed by atoms with van der Waals surface area (Å²) in [6, 6.07) is 6.57. The number of nitrogens with one attached hydrogen (secondary N) is 1. The van der Waals surface area contributed by atoms with Crippen molar-refractivity contribution in [1.29, 1.82) is 0 Å². The van der Waals surface area contributed by atoms with Crippen LogP contribution in [-0.2, 0) is 28.9 Å². The van der Waals surface area contributed by atoms with Gasteiger partial charge in [-0.3, -0.25) is 9.78 Å². The Kier molecular flexibility index (Phi) is 5.56. The lowest BCUT2D eigenvalue weighted by atomic mass is 10.1. The van der Waals surface area contributed by atoms with E-state index in [9.17, 15) is 9.18 Å². The second kappa shape index (κ2) is 8.44. The van der Waals surface area contributed by atoms with Gasteiger partial charge in [0.1, 0.15) is 5.82 Å². The number of methoxy groups -OCH3 is 1. The highest BCUT2D eigenvalue weighted by Gasteiger charge is 2.20. The molecule has 1 aromatic carbocycles. The van der Waals surface area contributed by atoms with E-state index in [0.717, 1.165) is 29.9 Å². The van der Waals surface area contributed by atoms with Gasteiger partial charge in [0.15, 0.2) is 0 Å². The van der Waals surface area contributed by atoms with Crippen molar-refractivity contribution in [3.63, 3.8) is 0 Å². The predicted molar refractivity (Wildman–Crippen MR) is 111 cm³/mol. The molecule has 4 rings (SSSR count). The molecule has 1 N–H and O–H groups in total. The maximum Gasteiger partial charge on any atom is 0.310 e. The Morgan fingerprint density at radius 2 is 2.17 bits per heavy atom. The maximum atomic E-state index is 14.3. The molecule has 30 heavy (non-hydrogen) atoms. The minimum atomic E-state index is -0.485. The molecule has 0 spiro atoms. The van der Waals surface area contributed by atoms with E-state index in [1.54, 1.807) is 18.3 Å². The number of pyridine rings is 1. The lowest BCUT2D eigenvalue weighted by molar-refractivity contribution is -0.139. The number of fused-ring (bicyclic) bond motifs is 1. The van der Waals surface area contributed by atoms with Gasteiger partial charge in [-0.25, -0.2) is 14.4 Å². The van der Waals surface area contributed by atoms with Crippen LogP contribution in [0.15, 0.2) is 42.9 Å². The summed E-state index contributed by atoms with van der Waals surface area (Å²) in [6.07, 6.45) is 6.22. The van der Waals surface area contributed by atoms with Gasteiger partial charge in [0.25, 0.3) is 0 Å². The van der Waals surface area contributed by atoms with E-state index < -0.39 is 11.8 Å². The van der Waals surface area contributed by atoms with Gasteiger partial charge in [0.2, 0.25) is 5.95 Å². The summed E-state index contributed by atoms with van der Waals surface area (Å²) in [6.45, 7) is 3.60. The first-order valence-corrected chi connectivity index (χ1v) is 9.66. The normalized spacial score (nSPS) is 13.0. The Morgan fingerprint density at radius 1 is 1.30 bits per heavy atom. The number of rotatable bonds is 5. The SMILES string of the molecule is COC(=O)Cc1ccc(Nc2ncc3c(n2)CN(c2cnccc2C)CC3)cc1F. The van der Waals surface area contributed by atoms with Crippen LogP contribution in [-0.4, -0.2) is 34.6 Å². The van der Waals surface area contributed by atoms with Gasteiger partial charge >= 0.3 is 5.97 Å². The number of ether oxygens (including phenoxy) is 1. The van der Waals surface area contributed by atoms with Crippen LogP contribution in [0.5, 0.6) is 0 Å². The van der Waals surface area contributed by atoms with Gasteiger partial charge in [-0.2, -0.15) is 0 Å². The largest absolute Gasteiger partial charge is 0.469 e. The molecule has 0 bridgehead atoms. The first kappa shape index (κ1) is 19.8. The van der Waals surface area contributed by atoms with E-state index in [2.05, 4.69) is 36.8 Å². The highest BCUT2D eigenvalue weighted by Crippen LogP contribution is 2.26. The van der Waals surface area contributed by atoms with Crippen molar-refractivity contribution in [1.82, 2.24) is 15.0 Å². The molecular formula is C22H22FN5O2. The van der Waals surface area contributed by atoms with E-state index in [1.807, 2.05) is 18.5 Å². The lowest BCUT2D eigenvalue weighted by Gasteiger charge is -2.30. The fraction of sp³-hybridized carbons (Fsp3) is 0.273. The van der Waals surface area contributed by atoms with E-state index in [4.69, 9.17) is 0 Å². The summed E-state index contributed by atoms with van der Waals surface area (Å²) in [5.41, 5.74) is 5.10. The molecule has 1 aliphatic rings. The maximum absolute atomic E-state index is 14.3. The molecule has 154 valence electrons. The van der Waals surface area contributed by atoms with Crippen LogP contribution < -0.4 is 10.2 Å². The molecular weight excluding hydrogens is 385 g/mol. The van der Waals surface area contributed by atoms with E-state index in [-0.39, 0.29) is 12.0 Å². The molecule has 0 saturated carbocycles. The molecule has 1 aliphatic heterocycles. The third-order valence-corrected chi connectivity index (χ3v) is 5.17. The van der Waals surface area contributed by atoms with Crippen LogP contribution >= 0.6 is 0 Å². The standard InChI is InChI=1S/C22H22FN5O2/c1-14-5-7-24-12-20(14)28-8-6-16-11-25-22(27-19(16)13-28)26-17-4-3-15(18(23)10-17)9-21(29)30-2/h3-5,7,10-12H,6,8-9,13H2,1-2H3,(H,25,26,27).